The van der Waals surface area contributed by atoms with Gasteiger partial charge in [-0.05, 0) is 7.05 Å². The van der Waals surface area contributed by atoms with Crippen LogP contribution in [-0.2, 0) is 20.8 Å². The standard InChI is InChI=1S/C9H13N5O2/c1-10-4-14-8(15)6-7(11-5-12(6)2)13(3)9(14)16/h5,10H,4H2,1-3H3. The number of fused-ring (bicyclic) bond motifs is 1. The van der Waals surface area contributed by atoms with Crippen LogP contribution < -0.4 is 16.6 Å². The van der Waals surface area contributed by atoms with E-state index in [0.29, 0.717) is 11.2 Å². The first kappa shape index (κ1) is 10.6. The van der Waals surface area contributed by atoms with Gasteiger partial charge >= 0.3 is 5.69 Å². The average Bonchev–Trinajstić information content (AvgIpc) is 2.64. The zero-order chi connectivity index (χ0) is 11.9. The minimum atomic E-state index is -0.370. The van der Waals surface area contributed by atoms with Gasteiger partial charge in [0.05, 0.1) is 13.0 Å². The predicted molar refractivity (Wildman–Crippen MR) is 59.3 cm³/mol. The molecule has 0 radical (unpaired) electrons. The molecular formula is C9H13N5O2. The van der Waals surface area contributed by atoms with E-state index < -0.39 is 0 Å². The van der Waals surface area contributed by atoms with Crippen LogP contribution in [0, 0.1) is 0 Å². The number of nitrogens with zero attached hydrogens (tertiary/aromatic N) is 4. The van der Waals surface area contributed by atoms with Crippen LogP contribution in [0.3, 0.4) is 0 Å². The van der Waals surface area contributed by atoms with Crippen LogP contribution in [0.4, 0.5) is 0 Å². The van der Waals surface area contributed by atoms with Crippen molar-refractivity contribution in [2.45, 2.75) is 6.67 Å². The minimum Gasteiger partial charge on any atom is -0.328 e. The van der Waals surface area contributed by atoms with Gasteiger partial charge in [-0.1, -0.05) is 0 Å². The third kappa shape index (κ3) is 1.28. The number of nitrogens with one attached hydrogen (secondary N) is 1. The summed E-state index contributed by atoms with van der Waals surface area (Å²) >= 11 is 0. The second-order valence-corrected chi connectivity index (χ2v) is 3.61. The number of hydrogen-bond acceptors (Lipinski definition) is 4. The summed E-state index contributed by atoms with van der Waals surface area (Å²) in [7, 11) is 5.01. The highest BCUT2D eigenvalue weighted by molar-refractivity contribution is 5.69. The third-order valence-corrected chi connectivity index (χ3v) is 2.52. The van der Waals surface area contributed by atoms with Crippen LogP contribution in [0.1, 0.15) is 0 Å². The largest absolute Gasteiger partial charge is 0.333 e. The third-order valence-electron chi connectivity index (χ3n) is 2.52. The van der Waals surface area contributed by atoms with Gasteiger partial charge in [0.15, 0.2) is 11.2 Å². The Bertz CT molecular complexity index is 648. The van der Waals surface area contributed by atoms with Crippen LogP contribution in [0.5, 0.6) is 0 Å². The molecule has 0 atom stereocenters. The van der Waals surface area contributed by atoms with Crippen molar-refractivity contribution in [3.8, 4) is 0 Å². The summed E-state index contributed by atoms with van der Waals surface area (Å²) in [6.45, 7) is 0.187. The molecule has 0 saturated heterocycles. The molecule has 0 aliphatic carbocycles. The number of aryl methyl sites for hydroxylation is 2. The minimum absolute atomic E-state index is 0.187. The molecule has 0 fully saturated rings. The summed E-state index contributed by atoms with van der Waals surface area (Å²) in [5, 5.41) is 2.79. The summed E-state index contributed by atoms with van der Waals surface area (Å²) in [4.78, 5) is 27.9. The first-order valence-electron chi connectivity index (χ1n) is 4.83. The fourth-order valence-corrected chi connectivity index (χ4v) is 1.69. The number of aromatic nitrogens is 4. The van der Waals surface area contributed by atoms with E-state index >= 15 is 0 Å². The molecule has 2 aromatic rings. The Kier molecular flexibility index (Phi) is 2.39. The molecule has 1 N–H and O–H groups in total. The van der Waals surface area contributed by atoms with Crippen molar-refractivity contribution in [2.24, 2.45) is 14.1 Å². The van der Waals surface area contributed by atoms with E-state index in [0.717, 1.165) is 4.57 Å². The quantitative estimate of drug-likeness (QED) is 0.680. The van der Waals surface area contributed by atoms with Gasteiger partial charge in [0.2, 0.25) is 0 Å². The van der Waals surface area contributed by atoms with E-state index in [1.165, 1.54) is 10.9 Å². The van der Waals surface area contributed by atoms with Crippen LogP contribution in [0.25, 0.3) is 11.2 Å². The smallest absolute Gasteiger partial charge is 0.328 e. The summed E-state index contributed by atoms with van der Waals surface area (Å²) in [6, 6.07) is 0. The van der Waals surface area contributed by atoms with E-state index in [1.807, 2.05) is 0 Å². The van der Waals surface area contributed by atoms with E-state index in [1.54, 1.807) is 25.7 Å². The van der Waals surface area contributed by atoms with Crippen molar-refractivity contribution in [2.75, 3.05) is 7.05 Å². The average molecular weight is 223 g/mol. The second-order valence-electron chi connectivity index (χ2n) is 3.61. The lowest BCUT2D eigenvalue weighted by Crippen LogP contribution is -2.42. The molecule has 0 bridgehead atoms. The van der Waals surface area contributed by atoms with Gasteiger partial charge in [0, 0.05) is 14.1 Å². The van der Waals surface area contributed by atoms with Gasteiger partial charge in [-0.3, -0.25) is 9.36 Å². The van der Waals surface area contributed by atoms with E-state index in [-0.39, 0.29) is 17.9 Å². The number of rotatable bonds is 2. The lowest BCUT2D eigenvalue weighted by molar-refractivity contribution is 0.551. The van der Waals surface area contributed by atoms with Crippen LogP contribution in [0.2, 0.25) is 0 Å². The van der Waals surface area contributed by atoms with E-state index in [9.17, 15) is 9.59 Å². The summed E-state index contributed by atoms with van der Waals surface area (Å²) < 4.78 is 4.13. The molecule has 2 rings (SSSR count). The Morgan fingerprint density at radius 3 is 2.69 bits per heavy atom. The SMILES string of the molecule is CNCn1c(=O)c2c(ncn2C)n(C)c1=O. The maximum Gasteiger partial charge on any atom is 0.333 e. The Morgan fingerprint density at radius 1 is 1.38 bits per heavy atom. The molecular weight excluding hydrogens is 210 g/mol. The first-order chi connectivity index (χ1) is 7.57. The van der Waals surface area contributed by atoms with Crippen molar-refractivity contribution < 1.29 is 0 Å². The van der Waals surface area contributed by atoms with Crippen molar-refractivity contribution in [3.05, 3.63) is 27.2 Å². The van der Waals surface area contributed by atoms with Crippen LogP contribution in [-0.4, -0.2) is 25.7 Å². The normalized spacial score (nSPS) is 11.2. The molecule has 0 amide bonds. The first-order valence-corrected chi connectivity index (χ1v) is 4.83. The van der Waals surface area contributed by atoms with Crippen LogP contribution in [0.15, 0.2) is 15.9 Å². The second kappa shape index (κ2) is 3.60. The molecule has 2 heterocycles. The van der Waals surface area contributed by atoms with Gasteiger partial charge in [-0.15, -0.1) is 0 Å². The van der Waals surface area contributed by atoms with Gasteiger partial charge in [-0.25, -0.2) is 14.3 Å². The predicted octanol–water partition coefficient (Wildman–Crippen LogP) is -1.39. The molecule has 2 aromatic heterocycles. The van der Waals surface area contributed by atoms with Crippen molar-refractivity contribution in [3.63, 3.8) is 0 Å². The number of imidazole rings is 1. The van der Waals surface area contributed by atoms with Crippen molar-refractivity contribution in [1.29, 1.82) is 0 Å². The topological polar surface area (TPSA) is 73.8 Å². The van der Waals surface area contributed by atoms with Crippen molar-refractivity contribution in [1.82, 2.24) is 24.0 Å². The van der Waals surface area contributed by atoms with Gasteiger partial charge in [0.25, 0.3) is 5.56 Å². The fraction of sp³-hybridized carbons (Fsp3) is 0.444. The van der Waals surface area contributed by atoms with Gasteiger partial charge < -0.3 is 9.88 Å². The highest BCUT2D eigenvalue weighted by Gasteiger charge is 2.13. The van der Waals surface area contributed by atoms with Gasteiger partial charge in [-0.2, -0.15) is 0 Å². The maximum absolute atomic E-state index is 12.0. The lowest BCUT2D eigenvalue weighted by atomic mass is 10.5. The number of hydrogen-bond donors (Lipinski definition) is 1. The molecule has 0 spiro atoms. The Morgan fingerprint density at radius 2 is 2.06 bits per heavy atom. The van der Waals surface area contributed by atoms with Crippen LogP contribution >= 0.6 is 0 Å². The summed E-state index contributed by atoms with van der Waals surface area (Å²) in [6.07, 6.45) is 1.52. The summed E-state index contributed by atoms with van der Waals surface area (Å²) in [5.41, 5.74) is 0.139. The molecule has 0 saturated carbocycles. The molecule has 16 heavy (non-hydrogen) atoms. The Balaban J connectivity index is 2.98. The highest BCUT2D eigenvalue weighted by Crippen LogP contribution is 2.02. The fourth-order valence-electron chi connectivity index (χ4n) is 1.69. The van der Waals surface area contributed by atoms with Gasteiger partial charge in [0.1, 0.15) is 0 Å². The maximum atomic E-state index is 12.0. The molecule has 0 aromatic carbocycles. The molecule has 0 aliphatic heterocycles. The molecule has 7 nitrogen and oxygen atoms in total. The molecule has 86 valence electrons. The molecule has 0 unspecified atom stereocenters. The Hall–Kier alpha value is -1.89. The zero-order valence-corrected chi connectivity index (χ0v) is 9.39. The molecule has 0 aliphatic rings. The monoisotopic (exact) mass is 223 g/mol. The molecule has 7 heteroatoms. The van der Waals surface area contributed by atoms with E-state index in [2.05, 4.69) is 10.3 Å². The lowest BCUT2D eigenvalue weighted by Gasteiger charge is -2.07. The highest BCUT2D eigenvalue weighted by atomic mass is 16.2. The van der Waals surface area contributed by atoms with E-state index in [4.69, 9.17) is 0 Å². The Labute approximate surface area is 90.9 Å². The zero-order valence-electron chi connectivity index (χ0n) is 9.39. The summed E-state index contributed by atoms with van der Waals surface area (Å²) in [5.74, 6) is 0. The van der Waals surface area contributed by atoms with Crippen molar-refractivity contribution >= 4 is 11.2 Å².